The van der Waals surface area contributed by atoms with E-state index in [1.54, 1.807) is 24.3 Å². The molecule has 0 radical (unpaired) electrons. The molecule has 6 nitrogen and oxygen atoms in total. The molecule has 0 atom stereocenters. The molecule has 0 fully saturated rings. The van der Waals surface area contributed by atoms with E-state index in [-0.39, 0.29) is 24.9 Å². The Labute approximate surface area is 175 Å². The van der Waals surface area contributed by atoms with Crippen LogP contribution in [0.3, 0.4) is 0 Å². The van der Waals surface area contributed by atoms with Crippen molar-refractivity contribution < 1.29 is 18.7 Å². The van der Waals surface area contributed by atoms with E-state index >= 15 is 0 Å². The third kappa shape index (κ3) is 6.01. The zero-order valence-corrected chi connectivity index (χ0v) is 17.0. The molecule has 1 heterocycles. The van der Waals surface area contributed by atoms with Crippen LogP contribution in [0.15, 0.2) is 60.7 Å². The average Bonchev–Trinajstić information content (AvgIpc) is 2.76. The largest absolute Gasteiger partial charge is 0.483 e. The molecule has 0 bridgehead atoms. The summed E-state index contributed by atoms with van der Waals surface area (Å²) >= 11 is 0. The summed E-state index contributed by atoms with van der Waals surface area (Å²) in [7, 11) is 0. The van der Waals surface area contributed by atoms with Crippen LogP contribution in [0.25, 0.3) is 11.3 Å². The zero-order chi connectivity index (χ0) is 21.3. The first kappa shape index (κ1) is 21.2. The molecule has 0 aliphatic heterocycles. The zero-order valence-electron chi connectivity index (χ0n) is 17.0. The first-order valence-corrected chi connectivity index (χ1v) is 9.74. The fraction of sp³-hybridized carbons (Fsp3) is 0.261. The minimum atomic E-state index is -0.303. The highest BCUT2D eigenvalue weighted by Gasteiger charge is 2.09. The van der Waals surface area contributed by atoms with Crippen LogP contribution in [0, 0.1) is 5.82 Å². The second-order valence-corrected chi connectivity index (χ2v) is 6.94. The maximum absolute atomic E-state index is 13.0. The summed E-state index contributed by atoms with van der Waals surface area (Å²) in [6, 6.07) is 17.1. The predicted molar refractivity (Wildman–Crippen MR) is 112 cm³/mol. The number of halogens is 1. The van der Waals surface area contributed by atoms with E-state index in [0.29, 0.717) is 24.0 Å². The molecule has 1 aromatic heterocycles. The van der Waals surface area contributed by atoms with Crippen molar-refractivity contribution in [3.8, 4) is 22.9 Å². The molecule has 3 aromatic rings. The fourth-order valence-corrected chi connectivity index (χ4v) is 2.80. The van der Waals surface area contributed by atoms with E-state index in [2.05, 4.69) is 29.4 Å². The molecule has 2 aromatic carbocycles. The number of carbonyl (C=O) groups excluding carboxylic acids is 1. The Hall–Kier alpha value is -3.48. The molecule has 0 spiro atoms. The molecule has 156 valence electrons. The molecule has 0 saturated carbocycles. The first-order valence-electron chi connectivity index (χ1n) is 9.74. The molecule has 0 saturated heterocycles. The lowest BCUT2D eigenvalue weighted by atomic mass is 10.0. The maximum atomic E-state index is 13.0. The van der Waals surface area contributed by atoms with Crippen LogP contribution in [-0.2, 0) is 4.79 Å². The number of carbonyl (C=O) groups is 1. The highest BCUT2D eigenvalue weighted by Crippen LogP contribution is 2.25. The van der Waals surface area contributed by atoms with E-state index in [1.165, 1.54) is 12.1 Å². The van der Waals surface area contributed by atoms with Gasteiger partial charge >= 0.3 is 0 Å². The van der Waals surface area contributed by atoms with Gasteiger partial charge in [-0.3, -0.25) is 4.79 Å². The van der Waals surface area contributed by atoms with Crippen LogP contribution in [0.4, 0.5) is 4.39 Å². The lowest BCUT2D eigenvalue weighted by Crippen LogP contribution is -2.32. The van der Waals surface area contributed by atoms with Crippen LogP contribution < -0.4 is 14.8 Å². The van der Waals surface area contributed by atoms with E-state index in [0.717, 1.165) is 16.9 Å². The number of rotatable bonds is 9. The number of ether oxygens (including phenoxy) is 2. The molecule has 3 rings (SSSR count). The third-order valence-corrected chi connectivity index (χ3v) is 4.35. The van der Waals surface area contributed by atoms with Gasteiger partial charge in [0.15, 0.2) is 6.61 Å². The molecule has 1 N–H and O–H groups in total. The average molecular weight is 409 g/mol. The smallest absolute Gasteiger partial charge is 0.258 e. The quantitative estimate of drug-likeness (QED) is 0.541. The number of hydrogen-bond acceptors (Lipinski definition) is 5. The number of amides is 1. The molecule has 0 aliphatic rings. The van der Waals surface area contributed by atoms with Gasteiger partial charge < -0.3 is 14.8 Å². The number of aromatic nitrogens is 2. The summed E-state index contributed by atoms with van der Waals surface area (Å²) in [4.78, 5) is 12.0. The fourth-order valence-electron chi connectivity index (χ4n) is 2.80. The predicted octanol–water partition coefficient (Wildman–Crippen LogP) is 3.98. The van der Waals surface area contributed by atoms with Crippen molar-refractivity contribution in [2.45, 2.75) is 19.8 Å². The Morgan fingerprint density at radius 1 is 1.00 bits per heavy atom. The molecular formula is C23H24FN3O3. The van der Waals surface area contributed by atoms with Crippen molar-refractivity contribution >= 4 is 5.91 Å². The van der Waals surface area contributed by atoms with Crippen molar-refractivity contribution in [1.29, 1.82) is 0 Å². The van der Waals surface area contributed by atoms with Gasteiger partial charge in [0.1, 0.15) is 18.2 Å². The minimum Gasteiger partial charge on any atom is -0.483 e. The van der Waals surface area contributed by atoms with Crippen molar-refractivity contribution in [2.24, 2.45) is 0 Å². The van der Waals surface area contributed by atoms with Gasteiger partial charge in [0, 0.05) is 11.6 Å². The second kappa shape index (κ2) is 10.3. The lowest BCUT2D eigenvalue weighted by Gasteiger charge is -2.13. The molecule has 7 heteroatoms. The summed E-state index contributed by atoms with van der Waals surface area (Å²) in [5.74, 6) is 0.846. The summed E-state index contributed by atoms with van der Waals surface area (Å²) in [6.45, 7) is 4.66. The molecular weight excluding hydrogens is 385 g/mol. The van der Waals surface area contributed by atoms with Crippen molar-refractivity contribution in [3.05, 3.63) is 72.0 Å². The first-order chi connectivity index (χ1) is 14.5. The van der Waals surface area contributed by atoms with Gasteiger partial charge in [-0.05, 0) is 47.9 Å². The number of para-hydroxylation sites is 1. The number of nitrogens with one attached hydrogen (secondary N) is 1. The Balaban J connectivity index is 1.39. The summed E-state index contributed by atoms with van der Waals surface area (Å²) in [6.07, 6.45) is 0. The van der Waals surface area contributed by atoms with E-state index in [4.69, 9.17) is 9.47 Å². The minimum absolute atomic E-state index is 0.0596. The summed E-state index contributed by atoms with van der Waals surface area (Å²) < 4.78 is 24.1. The molecule has 1 amide bonds. The van der Waals surface area contributed by atoms with E-state index < -0.39 is 0 Å². The number of hydrogen-bond donors (Lipinski definition) is 1. The Morgan fingerprint density at radius 3 is 2.47 bits per heavy atom. The highest BCUT2D eigenvalue weighted by atomic mass is 19.1. The molecule has 0 unspecified atom stereocenters. The second-order valence-electron chi connectivity index (χ2n) is 6.94. The Morgan fingerprint density at radius 2 is 1.77 bits per heavy atom. The Kier molecular flexibility index (Phi) is 7.32. The van der Waals surface area contributed by atoms with Crippen LogP contribution in [-0.4, -0.2) is 35.9 Å². The Bertz CT molecular complexity index is 960. The van der Waals surface area contributed by atoms with Crippen LogP contribution in [0.1, 0.15) is 25.3 Å². The van der Waals surface area contributed by atoms with Gasteiger partial charge in [-0.2, -0.15) is 0 Å². The number of benzene rings is 2. The van der Waals surface area contributed by atoms with Gasteiger partial charge in [-0.15, -0.1) is 10.2 Å². The van der Waals surface area contributed by atoms with Crippen LogP contribution in [0.2, 0.25) is 0 Å². The van der Waals surface area contributed by atoms with Gasteiger partial charge in [-0.1, -0.05) is 32.0 Å². The van der Waals surface area contributed by atoms with Crippen LogP contribution in [0.5, 0.6) is 11.6 Å². The van der Waals surface area contributed by atoms with Gasteiger partial charge in [0.05, 0.1) is 12.2 Å². The summed E-state index contributed by atoms with van der Waals surface area (Å²) in [5.41, 5.74) is 2.45. The van der Waals surface area contributed by atoms with Crippen molar-refractivity contribution in [1.82, 2.24) is 15.5 Å². The number of nitrogens with zero attached hydrogens (tertiary/aromatic N) is 2. The SMILES string of the molecule is CC(C)c1ccccc1OCC(=O)NCCOc1ccc(-c2ccc(F)cc2)nn1. The monoisotopic (exact) mass is 409 g/mol. The van der Waals surface area contributed by atoms with E-state index in [9.17, 15) is 9.18 Å². The van der Waals surface area contributed by atoms with Crippen molar-refractivity contribution in [3.63, 3.8) is 0 Å². The van der Waals surface area contributed by atoms with Crippen LogP contribution >= 0.6 is 0 Å². The van der Waals surface area contributed by atoms with Gasteiger partial charge in [0.2, 0.25) is 5.88 Å². The van der Waals surface area contributed by atoms with Crippen molar-refractivity contribution in [2.75, 3.05) is 19.8 Å². The highest BCUT2D eigenvalue weighted by molar-refractivity contribution is 5.77. The standard InChI is InChI=1S/C23H24FN3O3/c1-16(2)19-5-3-4-6-21(19)30-15-22(28)25-13-14-29-23-12-11-20(26-27-23)17-7-9-18(24)10-8-17/h3-12,16H,13-15H2,1-2H3,(H,25,28). The van der Waals surface area contributed by atoms with Gasteiger partial charge in [-0.25, -0.2) is 4.39 Å². The summed E-state index contributed by atoms with van der Waals surface area (Å²) in [5, 5.41) is 10.8. The topological polar surface area (TPSA) is 73.3 Å². The molecule has 30 heavy (non-hydrogen) atoms. The third-order valence-electron chi connectivity index (χ3n) is 4.35. The maximum Gasteiger partial charge on any atom is 0.258 e. The lowest BCUT2D eigenvalue weighted by molar-refractivity contribution is -0.123. The normalized spacial score (nSPS) is 10.7. The van der Waals surface area contributed by atoms with Gasteiger partial charge in [0.25, 0.3) is 5.91 Å². The van der Waals surface area contributed by atoms with E-state index in [1.807, 2.05) is 24.3 Å². The molecule has 0 aliphatic carbocycles.